The number of aryl methyl sites for hydroxylation is 2. The van der Waals surface area contributed by atoms with Crippen LogP contribution in [-0.4, -0.2) is 83.0 Å². The highest BCUT2D eigenvalue weighted by molar-refractivity contribution is 5.77. The summed E-state index contributed by atoms with van der Waals surface area (Å²) in [6, 6.07) is 14.7. The molecule has 4 rings (SSSR count). The molecule has 0 saturated heterocycles. The first-order chi connectivity index (χ1) is 19.5. The lowest BCUT2D eigenvalue weighted by molar-refractivity contribution is -0.138. The van der Waals surface area contributed by atoms with E-state index in [1.807, 2.05) is 35.2 Å². The maximum Gasteiger partial charge on any atom is 0.326 e. The van der Waals surface area contributed by atoms with Gasteiger partial charge in [0.1, 0.15) is 30.2 Å². The Morgan fingerprint density at radius 3 is 2.83 bits per heavy atom. The number of nitrogens with zero attached hydrogens (tertiary/aromatic N) is 4. The molecule has 9 nitrogen and oxygen atoms in total. The van der Waals surface area contributed by atoms with Gasteiger partial charge in [-0.1, -0.05) is 36.4 Å². The number of fused-ring (bicyclic) bond motifs is 1. The molecule has 0 bridgehead atoms. The van der Waals surface area contributed by atoms with Gasteiger partial charge in [-0.25, -0.2) is 24.1 Å². The lowest BCUT2D eigenvalue weighted by Crippen LogP contribution is -2.38. The first-order valence-electron chi connectivity index (χ1n) is 14.0. The Balaban J connectivity index is 1.32. The number of hydrogen-bond acceptors (Lipinski definition) is 8. The number of halogens is 1. The van der Waals surface area contributed by atoms with Gasteiger partial charge in [0.25, 0.3) is 0 Å². The van der Waals surface area contributed by atoms with Crippen molar-refractivity contribution < 1.29 is 19.0 Å². The third kappa shape index (κ3) is 8.96. The van der Waals surface area contributed by atoms with Crippen molar-refractivity contribution in [1.29, 1.82) is 0 Å². The fourth-order valence-corrected chi connectivity index (χ4v) is 4.91. The zero-order chi connectivity index (χ0) is 28.2. The Morgan fingerprint density at radius 2 is 2.02 bits per heavy atom. The predicted octanol–water partition coefficient (Wildman–Crippen LogP) is 4.46. The summed E-state index contributed by atoms with van der Waals surface area (Å²) in [4.78, 5) is 27.4. The van der Waals surface area contributed by atoms with Crippen molar-refractivity contribution in [3.05, 3.63) is 66.1 Å². The molecule has 3 aromatic rings. The summed E-state index contributed by atoms with van der Waals surface area (Å²) in [7, 11) is 1.48. The SMILES string of the molecule is COC[C@@H](F)CN(CCCCc1ccc2c(n1)NCCC2)CC[C@H](Nc1cc(-c2ccccc2)ncn1)C(=O)O. The molecule has 0 radical (unpaired) electrons. The molecule has 10 heteroatoms. The molecule has 3 N–H and O–H groups in total. The number of carboxylic acid groups (broad SMARTS) is 1. The van der Waals surface area contributed by atoms with Crippen LogP contribution in [-0.2, 0) is 22.4 Å². The van der Waals surface area contributed by atoms with E-state index in [1.165, 1.54) is 19.0 Å². The van der Waals surface area contributed by atoms with E-state index in [9.17, 15) is 14.3 Å². The number of rotatable bonds is 16. The number of ether oxygens (including phenoxy) is 1. The van der Waals surface area contributed by atoms with Gasteiger partial charge in [0.15, 0.2) is 0 Å². The number of nitrogens with one attached hydrogen (secondary N) is 2. The summed E-state index contributed by atoms with van der Waals surface area (Å²) < 4.78 is 19.5. The second-order valence-corrected chi connectivity index (χ2v) is 10.1. The molecule has 214 valence electrons. The molecule has 1 aliphatic rings. The number of anilines is 2. The summed E-state index contributed by atoms with van der Waals surface area (Å²) in [5.41, 5.74) is 3.94. The molecule has 40 heavy (non-hydrogen) atoms. The largest absolute Gasteiger partial charge is 0.480 e. The van der Waals surface area contributed by atoms with E-state index in [0.717, 1.165) is 55.7 Å². The number of aromatic nitrogens is 3. The molecule has 0 unspecified atom stereocenters. The van der Waals surface area contributed by atoms with Crippen molar-refractivity contribution in [2.75, 3.05) is 50.5 Å². The van der Waals surface area contributed by atoms with Crippen LogP contribution < -0.4 is 10.6 Å². The minimum Gasteiger partial charge on any atom is -0.480 e. The average molecular weight is 551 g/mol. The minimum absolute atomic E-state index is 0.00630. The van der Waals surface area contributed by atoms with Gasteiger partial charge in [0.2, 0.25) is 0 Å². The summed E-state index contributed by atoms with van der Waals surface area (Å²) >= 11 is 0. The first-order valence-corrected chi connectivity index (χ1v) is 14.0. The van der Waals surface area contributed by atoms with E-state index in [-0.39, 0.29) is 19.6 Å². The van der Waals surface area contributed by atoms with Crippen LogP contribution in [0.3, 0.4) is 0 Å². The van der Waals surface area contributed by atoms with Crippen LogP contribution in [0.2, 0.25) is 0 Å². The maximum atomic E-state index is 14.5. The molecule has 2 atom stereocenters. The van der Waals surface area contributed by atoms with Crippen molar-refractivity contribution in [2.45, 2.75) is 50.7 Å². The van der Waals surface area contributed by atoms with Gasteiger partial charge in [-0.2, -0.15) is 0 Å². The van der Waals surface area contributed by atoms with Crippen molar-refractivity contribution in [3.63, 3.8) is 0 Å². The van der Waals surface area contributed by atoms with Gasteiger partial charge in [0.05, 0.1) is 12.3 Å². The molecule has 1 aromatic carbocycles. The quantitative estimate of drug-likeness (QED) is 0.223. The number of methoxy groups -OCH3 is 1. The smallest absolute Gasteiger partial charge is 0.326 e. The third-order valence-corrected chi connectivity index (χ3v) is 7.00. The van der Waals surface area contributed by atoms with Gasteiger partial charge in [-0.05, 0) is 56.7 Å². The number of carboxylic acids is 1. The zero-order valence-corrected chi connectivity index (χ0v) is 23.1. The standard InChI is InChI=1S/C30H39FN6O3/c1-40-20-24(31)19-37(16-6-5-11-25-13-12-23-10-7-15-32-29(23)35-25)17-14-26(30(38)39)36-28-18-27(33-21-34-28)22-8-3-2-4-9-22/h2-4,8-9,12-13,18,21,24,26H,5-7,10-11,14-17,19-20H2,1H3,(H,32,35)(H,38,39)(H,33,34,36)/t24-,26-/m0/s1. The highest BCUT2D eigenvalue weighted by Gasteiger charge is 2.21. The van der Waals surface area contributed by atoms with Gasteiger partial charge in [-0.15, -0.1) is 0 Å². The Hall–Kier alpha value is -3.63. The highest BCUT2D eigenvalue weighted by atomic mass is 19.1. The number of alkyl halides is 1. The van der Waals surface area contributed by atoms with E-state index in [1.54, 1.807) is 6.07 Å². The molecular weight excluding hydrogens is 511 g/mol. The van der Waals surface area contributed by atoms with Crippen LogP contribution in [0.1, 0.15) is 36.9 Å². The molecule has 1 aliphatic heterocycles. The second-order valence-electron chi connectivity index (χ2n) is 10.1. The lowest BCUT2D eigenvalue weighted by Gasteiger charge is -2.26. The Labute approximate surface area is 235 Å². The number of benzene rings is 1. The number of unbranched alkanes of at least 4 members (excludes halogenated alkanes) is 1. The van der Waals surface area contributed by atoms with Crippen LogP contribution >= 0.6 is 0 Å². The van der Waals surface area contributed by atoms with Gasteiger partial charge in [-0.3, -0.25) is 0 Å². The molecule has 0 saturated carbocycles. The number of aliphatic carboxylic acids is 1. The van der Waals surface area contributed by atoms with E-state index >= 15 is 0 Å². The fraction of sp³-hybridized carbons (Fsp3) is 0.467. The van der Waals surface area contributed by atoms with E-state index < -0.39 is 18.2 Å². The minimum atomic E-state index is -1.15. The summed E-state index contributed by atoms with van der Waals surface area (Å²) in [5.74, 6) is 0.445. The first kappa shape index (κ1) is 29.4. The molecule has 3 heterocycles. The van der Waals surface area contributed by atoms with Crippen LogP contribution in [0.15, 0.2) is 54.9 Å². The highest BCUT2D eigenvalue weighted by Crippen LogP contribution is 2.21. The Bertz CT molecular complexity index is 1220. The average Bonchev–Trinajstić information content (AvgIpc) is 2.97. The van der Waals surface area contributed by atoms with E-state index in [0.29, 0.717) is 24.6 Å². The maximum absolute atomic E-state index is 14.5. The molecular formula is C30H39FN6O3. The molecule has 0 fully saturated rings. The van der Waals surface area contributed by atoms with Gasteiger partial charge in [0, 0.05) is 44.1 Å². The zero-order valence-electron chi connectivity index (χ0n) is 23.1. The Kier molecular flexibility index (Phi) is 11.2. The topological polar surface area (TPSA) is 113 Å². The van der Waals surface area contributed by atoms with Crippen LogP contribution in [0.4, 0.5) is 16.0 Å². The molecule has 0 aliphatic carbocycles. The van der Waals surface area contributed by atoms with Crippen LogP contribution in [0.25, 0.3) is 11.3 Å². The van der Waals surface area contributed by atoms with Crippen molar-refractivity contribution in [2.24, 2.45) is 0 Å². The van der Waals surface area contributed by atoms with Crippen LogP contribution in [0.5, 0.6) is 0 Å². The second kappa shape index (κ2) is 15.2. The van der Waals surface area contributed by atoms with E-state index in [2.05, 4.69) is 32.7 Å². The number of carbonyl (C=O) groups is 1. The van der Waals surface area contributed by atoms with Gasteiger partial charge < -0.3 is 25.4 Å². The molecule has 0 amide bonds. The number of hydrogen-bond donors (Lipinski definition) is 3. The summed E-state index contributed by atoms with van der Waals surface area (Å²) in [6.45, 7) is 2.23. The Morgan fingerprint density at radius 1 is 1.18 bits per heavy atom. The number of pyridine rings is 1. The van der Waals surface area contributed by atoms with Crippen LogP contribution in [0, 0.1) is 0 Å². The van der Waals surface area contributed by atoms with Crippen molar-refractivity contribution in [3.8, 4) is 11.3 Å². The monoisotopic (exact) mass is 550 g/mol. The van der Waals surface area contributed by atoms with Gasteiger partial charge >= 0.3 is 5.97 Å². The summed E-state index contributed by atoms with van der Waals surface area (Å²) in [6.07, 6.45) is 5.36. The third-order valence-electron chi connectivity index (χ3n) is 7.00. The van der Waals surface area contributed by atoms with E-state index in [4.69, 9.17) is 9.72 Å². The molecule has 2 aromatic heterocycles. The van der Waals surface area contributed by atoms with Crippen molar-refractivity contribution in [1.82, 2.24) is 19.9 Å². The normalized spacial score (nSPS) is 14.3. The van der Waals surface area contributed by atoms with Crippen molar-refractivity contribution >= 4 is 17.6 Å². The predicted molar refractivity (Wildman–Crippen MR) is 154 cm³/mol. The lowest BCUT2D eigenvalue weighted by atomic mass is 10.1. The summed E-state index contributed by atoms with van der Waals surface area (Å²) in [5, 5.41) is 16.3. The fourth-order valence-electron chi connectivity index (χ4n) is 4.91. The molecule has 0 spiro atoms.